The van der Waals surface area contributed by atoms with E-state index in [0.29, 0.717) is 24.1 Å². The number of hydrogen-bond acceptors (Lipinski definition) is 3. The Bertz CT molecular complexity index is 608. The van der Waals surface area contributed by atoms with Gasteiger partial charge in [0.15, 0.2) is 0 Å². The lowest BCUT2D eigenvalue weighted by Gasteiger charge is -2.22. The average Bonchev–Trinajstić information content (AvgIpc) is 3.05. The minimum Gasteiger partial charge on any atom is -0.309 e. The van der Waals surface area contributed by atoms with E-state index in [1.54, 1.807) is 4.90 Å². The maximum atomic E-state index is 13.8. The molecule has 1 aliphatic carbocycles. The molecule has 19 heavy (non-hydrogen) atoms. The molecule has 3 rings (SSSR count). The minimum absolute atomic E-state index is 0.0580. The van der Waals surface area contributed by atoms with E-state index in [4.69, 9.17) is 0 Å². The molecule has 0 saturated heterocycles. The van der Waals surface area contributed by atoms with Crippen molar-refractivity contribution in [3.8, 4) is 0 Å². The van der Waals surface area contributed by atoms with Gasteiger partial charge < -0.3 is 4.90 Å². The van der Waals surface area contributed by atoms with Gasteiger partial charge in [-0.1, -0.05) is 0 Å². The SMILES string of the molecule is CC(C)N1C(=O)C2(CC2)c2cc([N+](=O)[O-])c(F)cc21. The monoisotopic (exact) mass is 264 g/mol. The molecule has 0 N–H and O–H groups in total. The van der Waals surface area contributed by atoms with Gasteiger partial charge in [-0.2, -0.15) is 4.39 Å². The van der Waals surface area contributed by atoms with Crippen molar-refractivity contribution in [2.75, 3.05) is 4.90 Å². The number of nitro benzene ring substituents is 1. The van der Waals surface area contributed by atoms with Gasteiger partial charge in [-0.15, -0.1) is 0 Å². The number of carbonyl (C=O) groups excluding carboxylic acids is 1. The molecule has 5 nitrogen and oxygen atoms in total. The summed E-state index contributed by atoms with van der Waals surface area (Å²) in [6.07, 6.45) is 1.37. The third-order valence-electron chi connectivity index (χ3n) is 3.93. The van der Waals surface area contributed by atoms with Crippen molar-refractivity contribution in [2.45, 2.75) is 38.1 Å². The van der Waals surface area contributed by atoms with Gasteiger partial charge in [0, 0.05) is 18.2 Å². The van der Waals surface area contributed by atoms with E-state index < -0.39 is 21.8 Å². The smallest absolute Gasteiger partial charge is 0.305 e. The molecule has 100 valence electrons. The molecular weight excluding hydrogens is 251 g/mol. The summed E-state index contributed by atoms with van der Waals surface area (Å²) in [7, 11) is 0. The van der Waals surface area contributed by atoms with Crippen molar-refractivity contribution in [1.29, 1.82) is 0 Å². The van der Waals surface area contributed by atoms with Crippen LogP contribution in [-0.4, -0.2) is 16.9 Å². The molecule has 0 atom stereocenters. The molecular formula is C13H13FN2O3. The highest BCUT2D eigenvalue weighted by Gasteiger charge is 2.60. The summed E-state index contributed by atoms with van der Waals surface area (Å²) in [5.41, 5.74) is -0.0822. The summed E-state index contributed by atoms with van der Waals surface area (Å²) in [6.45, 7) is 3.70. The third kappa shape index (κ3) is 1.42. The third-order valence-corrected chi connectivity index (χ3v) is 3.93. The molecule has 0 bridgehead atoms. The molecule has 1 amide bonds. The second-order valence-corrected chi connectivity index (χ2v) is 5.43. The second kappa shape index (κ2) is 3.53. The fourth-order valence-electron chi connectivity index (χ4n) is 2.85. The number of anilines is 1. The summed E-state index contributed by atoms with van der Waals surface area (Å²) in [6, 6.07) is 2.27. The first-order valence-electron chi connectivity index (χ1n) is 6.20. The Morgan fingerprint density at radius 3 is 2.53 bits per heavy atom. The minimum atomic E-state index is -0.889. The lowest BCUT2D eigenvalue weighted by Crippen LogP contribution is -2.37. The highest BCUT2D eigenvalue weighted by Crippen LogP contribution is 2.58. The fourth-order valence-corrected chi connectivity index (χ4v) is 2.85. The summed E-state index contributed by atoms with van der Waals surface area (Å²) < 4.78 is 13.8. The quantitative estimate of drug-likeness (QED) is 0.609. The highest BCUT2D eigenvalue weighted by atomic mass is 19.1. The Morgan fingerprint density at radius 1 is 1.42 bits per heavy atom. The molecule has 1 fully saturated rings. The van der Waals surface area contributed by atoms with Gasteiger partial charge in [-0.3, -0.25) is 14.9 Å². The van der Waals surface area contributed by atoms with Gasteiger partial charge in [0.25, 0.3) is 0 Å². The van der Waals surface area contributed by atoms with Crippen LogP contribution in [0.3, 0.4) is 0 Å². The second-order valence-electron chi connectivity index (χ2n) is 5.43. The normalized spacial score (nSPS) is 19.2. The van der Waals surface area contributed by atoms with Gasteiger partial charge >= 0.3 is 5.69 Å². The van der Waals surface area contributed by atoms with Crippen LogP contribution in [0.15, 0.2) is 12.1 Å². The zero-order chi connectivity index (χ0) is 13.9. The summed E-state index contributed by atoms with van der Waals surface area (Å²) in [5.74, 6) is -0.947. The summed E-state index contributed by atoms with van der Waals surface area (Å²) in [4.78, 5) is 24.0. The first-order valence-corrected chi connectivity index (χ1v) is 6.20. The molecule has 1 aliphatic heterocycles. The molecule has 1 aromatic rings. The molecule has 1 spiro atoms. The summed E-state index contributed by atoms with van der Waals surface area (Å²) in [5, 5.41) is 10.8. The molecule has 1 saturated carbocycles. The van der Waals surface area contributed by atoms with Crippen molar-refractivity contribution in [2.24, 2.45) is 0 Å². The van der Waals surface area contributed by atoms with E-state index in [1.807, 2.05) is 13.8 Å². The predicted octanol–water partition coefficient (Wildman–Crippen LogP) is 2.52. The topological polar surface area (TPSA) is 63.5 Å². The van der Waals surface area contributed by atoms with Crippen LogP contribution in [0.4, 0.5) is 15.8 Å². The Labute approximate surface area is 109 Å². The molecule has 1 heterocycles. The number of rotatable bonds is 2. The van der Waals surface area contributed by atoms with Gasteiger partial charge in [0.1, 0.15) is 0 Å². The number of hydrogen-bond donors (Lipinski definition) is 0. The molecule has 0 radical (unpaired) electrons. The number of carbonyl (C=O) groups is 1. The number of amides is 1. The van der Waals surface area contributed by atoms with Crippen LogP contribution in [0.2, 0.25) is 0 Å². The largest absolute Gasteiger partial charge is 0.309 e. The molecule has 1 aromatic carbocycles. The Balaban J connectivity index is 2.23. The van der Waals surface area contributed by atoms with E-state index in [0.717, 1.165) is 6.07 Å². The maximum absolute atomic E-state index is 13.8. The first kappa shape index (κ1) is 12.1. The van der Waals surface area contributed by atoms with Gasteiger partial charge in [0.2, 0.25) is 11.7 Å². The van der Waals surface area contributed by atoms with Crippen LogP contribution in [0.1, 0.15) is 32.3 Å². The number of nitro groups is 1. The van der Waals surface area contributed by atoms with Crippen LogP contribution in [-0.2, 0) is 10.2 Å². The van der Waals surface area contributed by atoms with E-state index >= 15 is 0 Å². The molecule has 2 aliphatic rings. The highest BCUT2D eigenvalue weighted by molar-refractivity contribution is 6.10. The maximum Gasteiger partial charge on any atom is 0.305 e. The number of halogens is 1. The van der Waals surface area contributed by atoms with Crippen molar-refractivity contribution in [3.05, 3.63) is 33.6 Å². The van der Waals surface area contributed by atoms with Crippen LogP contribution in [0, 0.1) is 15.9 Å². The zero-order valence-corrected chi connectivity index (χ0v) is 10.6. The standard InChI is InChI=1S/C13H13FN2O3/c1-7(2)15-10-6-9(14)11(16(18)19)5-8(10)13(3-4-13)12(15)17/h5-7H,3-4H2,1-2H3. The number of benzene rings is 1. The van der Waals surface area contributed by atoms with Crippen molar-refractivity contribution in [1.82, 2.24) is 0 Å². The molecule has 0 aromatic heterocycles. The summed E-state index contributed by atoms with van der Waals surface area (Å²) >= 11 is 0. The van der Waals surface area contributed by atoms with Crippen LogP contribution >= 0.6 is 0 Å². The predicted molar refractivity (Wildman–Crippen MR) is 66.6 cm³/mol. The van der Waals surface area contributed by atoms with E-state index in [1.165, 1.54) is 6.07 Å². The van der Waals surface area contributed by atoms with Crippen molar-refractivity contribution >= 4 is 17.3 Å². The van der Waals surface area contributed by atoms with Gasteiger partial charge in [0.05, 0.1) is 16.0 Å². The first-order chi connectivity index (χ1) is 8.88. The van der Waals surface area contributed by atoms with Crippen LogP contribution in [0.25, 0.3) is 0 Å². The van der Waals surface area contributed by atoms with Crippen molar-refractivity contribution in [3.63, 3.8) is 0 Å². The van der Waals surface area contributed by atoms with Crippen molar-refractivity contribution < 1.29 is 14.1 Å². The Kier molecular flexibility index (Phi) is 2.24. The van der Waals surface area contributed by atoms with Gasteiger partial charge in [-0.25, -0.2) is 0 Å². The van der Waals surface area contributed by atoms with Gasteiger partial charge in [-0.05, 0) is 32.3 Å². The van der Waals surface area contributed by atoms with E-state index in [-0.39, 0.29) is 11.9 Å². The van der Waals surface area contributed by atoms with Crippen LogP contribution < -0.4 is 4.90 Å². The number of fused-ring (bicyclic) bond motifs is 2. The Hall–Kier alpha value is -1.98. The Morgan fingerprint density at radius 2 is 2.05 bits per heavy atom. The zero-order valence-electron chi connectivity index (χ0n) is 10.6. The van der Waals surface area contributed by atoms with Crippen LogP contribution in [0.5, 0.6) is 0 Å². The number of nitrogens with zero attached hydrogens (tertiary/aromatic N) is 2. The van der Waals surface area contributed by atoms with E-state index in [2.05, 4.69) is 0 Å². The van der Waals surface area contributed by atoms with E-state index in [9.17, 15) is 19.3 Å². The lowest BCUT2D eigenvalue weighted by molar-refractivity contribution is -0.387. The molecule has 6 heteroatoms. The fraction of sp³-hybridized carbons (Fsp3) is 0.462. The molecule has 0 unspecified atom stereocenters. The average molecular weight is 264 g/mol. The lowest BCUT2D eigenvalue weighted by atomic mass is 9.97.